The van der Waals surface area contributed by atoms with Gasteiger partial charge in [0.1, 0.15) is 0 Å². The first-order chi connectivity index (χ1) is 12.8. The molecule has 0 unspecified atom stereocenters. The summed E-state index contributed by atoms with van der Waals surface area (Å²) in [5.41, 5.74) is 1.74. The summed E-state index contributed by atoms with van der Waals surface area (Å²) in [6.45, 7) is 7.05. The SMILES string of the molecule is CN=C(NCCCCN1CCOCC1)NCC1(c2ccccc2)CCC1. The molecule has 1 aromatic carbocycles. The fourth-order valence-electron chi connectivity index (χ4n) is 3.93. The van der Waals surface area contributed by atoms with Gasteiger partial charge in [-0.05, 0) is 37.8 Å². The maximum Gasteiger partial charge on any atom is 0.191 e. The largest absolute Gasteiger partial charge is 0.379 e. The van der Waals surface area contributed by atoms with Crippen LogP contribution >= 0.6 is 0 Å². The number of nitrogens with zero attached hydrogens (tertiary/aromatic N) is 2. The Labute approximate surface area is 158 Å². The molecule has 1 heterocycles. The number of aliphatic imine (C=N–C) groups is 1. The highest BCUT2D eigenvalue weighted by Crippen LogP contribution is 2.43. The molecule has 2 aliphatic rings. The minimum Gasteiger partial charge on any atom is -0.379 e. The lowest BCUT2D eigenvalue weighted by molar-refractivity contribution is 0.0372. The maximum absolute atomic E-state index is 5.40. The number of hydrogen-bond acceptors (Lipinski definition) is 3. The van der Waals surface area contributed by atoms with E-state index in [0.29, 0.717) is 0 Å². The van der Waals surface area contributed by atoms with Crippen molar-refractivity contribution in [2.75, 3.05) is 53.0 Å². The van der Waals surface area contributed by atoms with Crippen LogP contribution in [0.5, 0.6) is 0 Å². The van der Waals surface area contributed by atoms with Crippen molar-refractivity contribution in [3.63, 3.8) is 0 Å². The minimum absolute atomic E-state index is 0.287. The van der Waals surface area contributed by atoms with E-state index in [9.17, 15) is 0 Å². The minimum atomic E-state index is 0.287. The van der Waals surface area contributed by atoms with Gasteiger partial charge in [0.25, 0.3) is 0 Å². The summed E-state index contributed by atoms with van der Waals surface area (Å²) < 4.78 is 5.40. The zero-order valence-corrected chi connectivity index (χ0v) is 16.2. The van der Waals surface area contributed by atoms with Crippen molar-refractivity contribution in [1.82, 2.24) is 15.5 Å². The Balaban J connectivity index is 1.35. The zero-order chi connectivity index (χ0) is 18.1. The van der Waals surface area contributed by atoms with Crippen LogP contribution in [0.3, 0.4) is 0 Å². The predicted octanol–water partition coefficient (Wildman–Crippen LogP) is 2.39. The Morgan fingerprint density at radius 3 is 2.54 bits per heavy atom. The smallest absolute Gasteiger partial charge is 0.191 e. The third kappa shape index (κ3) is 5.21. The second-order valence-electron chi connectivity index (χ2n) is 7.51. The summed E-state index contributed by atoms with van der Waals surface area (Å²) >= 11 is 0. The number of rotatable bonds is 8. The molecule has 1 aliphatic heterocycles. The highest BCUT2D eigenvalue weighted by molar-refractivity contribution is 5.79. The van der Waals surface area contributed by atoms with E-state index in [4.69, 9.17) is 4.74 Å². The second kappa shape index (κ2) is 9.93. The molecule has 3 rings (SSSR count). The molecular formula is C21H34N4O. The number of ether oxygens (including phenoxy) is 1. The molecule has 1 aromatic rings. The highest BCUT2D eigenvalue weighted by Gasteiger charge is 2.38. The molecule has 0 bridgehead atoms. The van der Waals surface area contributed by atoms with Crippen LogP contribution in [0.4, 0.5) is 0 Å². The van der Waals surface area contributed by atoms with E-state index in [0.717, 1.165) is 45.4 Å². The lowest BCUT2D eigenvalue weighted by atomic mass is 9.64. The standard InChI is InChI=1S/C21H34N4O/c1-22-20(23-12-5-6-13-25-14-16-26-17-15-25)24-18-21(10-7-11-21)19-8-3-2-4-9-19/h2-4,8-9H,5-7,10-18H2,1H3,(H2,22,23,24). The fraction of sp³-hybridized carbons (Fsp3) is 0.667. The predicted molar refractivity (Wildman–Crippen MR) is 108 cm³/mol. The van der Waals surface area contributed by atoms with Crippen molar-refractivity contribution in [2.24, 2.45) is 4.99 Å². The number of unbranched alkanes of at least 4 members (excludes halogenated alkanes) is 1. The molecule has 0 amide bonds. The Kier molecular flexibility index (Phi) is 7.32. The quantitative estimate of drug-likeness (QED) is 0.426. The van der Waals surface area contributed by atoms with Crippen LogP contribution in [-0.4, -0.2) is 63.8 Å². The highest BCUT2D eigenvalue weighted by atomic mass is 16.5. The summed E-state index contributed by atoms with van der Waals surface area (Å²) in [5, 5.41) is 7.04. The first kappa shape index (κ1) is 19.2. The van der Waals surface area contributed by atoms with Gasteiger partial charge in [0.05, 0.1) is 13.2 Å². The van der Waals surface area contributed by atoms with Crippen LogP contribution in [0.15, 0.2) is 35.3 Å². The van der Waals surface area contributed by atoms with Gasteiger partial charge >= 0.3 is 0 Å². The van der Waals surface area contributed by atoms with E-state index >= 15 is 0 Å². The van der Waals surface area contributed by atoms with Gasteiger partial charge in [-0.3, -0.25) is 9.89 Å². The van der Waals surface area contributed by atoms with Crippen LogP contribution in [0.25, 0.3) is 0 Å². The van der Waals surface area contributed by atoms with E-state index < -0.39 is 0 Å². The molecule has 0 atom stereocenters. The summed E-state index contributed by atoms with van der Waals surface area (Å²) in [6.07, 6.45) is 6.24. The summed E-state index contributed by atoms with van der Waals surface area (Å²) in [7, 11) is 1.86. The van der Waals surface area contributed by atoms with Gasteiger partial charge in [-0.25, -0.2) is 0 Å². The van der Waals surface area contributed by atoms with E-state index in [1.54, 1.807) is 0 Å². The van der Waals surface area contributed by atoms with Crippen molar-refractivity contribution in [3.05, 3.63) is 35.9 Å². The van der Waals surface area contributed by atoms with Gasteiger partial charge in [-0.15, -0.1) is 0 Å². The normalized spacial score (nSPS) is 20.4. The number of guanidine groups is 1. The number of morpholine rings is 1. The zero-order valence-electron chi connectivity index (χ0n) is 16.2. The van der Waals surface area contributed by atoms with Crippen LogP contribution < -0.4 is 10.6 Å². The molecule has 2 N–H and O–H groups in total. The Bertz CT molecular complexity index is 550. The van der Waals surface area contributed by atoms with Gasteiger partial charge in [0.2, 0.25) is 0 Å². The Morgan fingerprint density at radius 1 is 1.12 bits per heavy atom. The number of hydrogen-bond donors (Lipinski definition) is 2. The molecule has 26 heavy (non-hydrogen) atoms. The first-order valence-electron chi connectivity index (χ1n) is 10.1. The molecule has 144 valence electrons. The van der Waals surface area contributed by atoms with Crippen molar-refractivity contribution < 1.29 is 4.74 Å². The third-order valence-electron chi connectivity index (χ3n) is 5.81. The molecule has 5 heteroatoms. The van der Waals surface area contributed by atoms with Gasteiger partial charge < -0.3 is 15.4 Å². The molecular weight excluding hydrogens is 324 g/mol. The van der Waals surface area contributed by atoms with Gasteiger partial charge in [-0.2, -0.15) is 0 Å². The summed E-state index contributed by atoms with van der Waals surface area (Å²) in [6, 6.07) is 10.9. The number of nitrogens with one attached hydrogen (secondary N) is 2. The fourth-order valence-corrected chi connectivity index (χ4v) is 3.93. The topological polar surface area (TPSA) is 48.9 Å². The molecule has 1 aliphatic carbocycles. The molecule has 0 aromatic heterocycles. The summed E-state index contributed by atoms with van der Waals surface area (Å²) in [4.78, 5) is 6.89. The van der Waals surface area contributed by atoms with Crippen LogP contribution in [-0.2, 0) is 10.2 Å². The van der Waals surface area contributed by atoms with E-state index in [2.05, 4.69) is 50.9 Å². The molecule has 5 nitrogen and oxygen atoms in total. The van der Waals surface area contributed by atoms with Gasteiger partial charge in [0.15, 0.2) is 5.96 Å². The molecule has 1 saturated carbocycles. The van der Waals surface area contributed by atoms with Crippen LogP contribution in [0.1, 0.15) is 37.7 Å². The molecule has 2 fully saturated rings. The van der Waals surface area contributed by atoms with Crippen LogP contribution in [0, 0.1) is 0 Å². The van der Waals surface area contributed by atoms with Crippen molar-refractivity contribution >= 4 is 5.96 Å². The van der Waals surface area contributed by atoms with Crippen molar-refractivity contribution in [1.29, 1.82) is 0 Å². The maximum atomic E-state index is 5.40. The second-order valence-corrected chi connectivity index (χ2v) is 7.51. The third-order valence-corrected chi connectivity index (χ3v) is 5.81. The van der Waals surface area contributed by atoms with Crippen molar-refractivity contribution in [3.8, 4) is 0 Å². The Morgan fingerprint density at radius 2 is 1.88 bits per heavy atom. The van der Waals surface area contributed by atoms with E-state index in [1.165, 1.54) is 44.2 Å². The molecule has 1 saturated heterocycles. The molecule has 0 radical (unpaired) electrons. The lowest BCUT2D eigenvalue weighted by Crippen LogP contribution is -2.49. The molecule has 0 spiro atoms. The average molecular weight is 359 g/mol. The first-order valence-corrected chi connectivity index (χ1v) is 10.1. The lowest BCUT2D eigenvalue weighted by Gasteiger charge is -2.43. The van der Waals surface area contributed by atoms with Gasteiger partial charge in [0, 0.05) is 38.6 Å². The Hall–Kier alpha value is -1.59. The average Bonchev–Trinajstić information content (AvgIpc) is 2.67. The van der Waals surface area contributed by atoms with E-state index in [1.807, 2.05) is 7.05 Å². The van der Waals surface area contributed by atoms with Crippen LogP contribution in [0.2, 0.25) is 0 Å². The van der Waals surface area contributed by atoms with Gasteiger partial charge in [-0.1, -0.05) is 36.8 Å². The summed E-state index contributed by atoms with van der Waals surface area (Å²) in [5.74, 6) is 0.929. The van der Waals surface area contributed by atoms with E-state index in [-0.39, 0.29) is 5.41 Å². The van der Waals surface area contributed by atoms with Crippen molar-refractivity contribution in [2.45, 2.75) is 37.5 Å². The number of benzene rings is 1. The monoisotopic (exact) mass is 358 g/mol.